The van der Waals surface area contributed by atoms with Crippen LogP contribution >= 0.6 is 0 Å². The zero-order chi connectivity index (χ0) is 28.9. The highest BCUT2D eigenvalue weighted by atomic mass is 19.4. The number of hydrogen-bond acceptors (Lipinski definition) is 7. The summed E-state index contributed by atoms with van der Waals surface area (Å²) in [6.07, 6.45) is -1.30. The minimum absolute atomic E-state index is 0.0570. The predicted octanol–water partition coefficient (Wildman–Crippen LogP) is 4.05. The third-order valence-corrected chi connectivity index (χ3v) is 7.33. The standard InChI is InChI=1S/C30H34F3N3O4/c1-21-17-23(3-8-26(21)24-4-6-25(7-5-24)29(2,39)30(31,32)33)19-36-14-13-35(18-22-9-11-34-12-10-22)20-27(36)28(38)40-16-15-37/h3-12,17,27,37,39H,13-16,18-20H2,1-2H3/t27-,29?/m0/s1. The fraction of sp³-hybridized carbons (Fsp3) is 0.400. The van der Waals surface area contributed by atoms with Crippen molar-refractivity contribution in [3.05, 3.63) is 89.2 Å². The van der Waals surface area contributed by atoms with E-state index in [1.165, 1.54) is 12.1 Å². The molecule has 0 aliphatic carbocycles. The molecule has 0 saturated carbocycles. The Balaban J connectivity index is 1.48. The average Bonchev–Trinajstić information content (AvgIpc) is 2.92. The van der Waals surface area contributed by atoms with Crippen LogP contribution in [0.2, 0.25) is 0 Å². The Morgan fingerprint density at radius 2 is 1.73 bits per heavy atom. The van der Waals surface area contributed by atoms with Gasteiger partial charge >= 0.3 is 12.1 Å². The highest BCUT2D eigenvalue weighted by Crippen LogP contribution is 2.39. The van der Waals surface area contributed by atoms with Crippen molar-refractivity contribution < 1.29 is 32.9 Å². The molecule has 214 valence electrons. The van der Waals surface area contributed by atoms with Crippen molar-refractivity contribution in [3.8, 4) is 11.1 Å². The molecular formula is C30H34F3N3O4. The molecule has 0 spiro atoms. The predicted molar refractivity (Wildman–Crippen MR) is 144 cm³/mol. The lowest BCUT2D eigenvalue weighted by Gasteiger charge is -2.40. The molecule has 4 rings (SSSR count). The number of alkyl halides is 3. The largest absolute Gasteiger partial charge is 0.462 e. The first kappa shape index (κ1) is 29.7. The zero-order valence-corrected chi connectivity index (χ0v) is 22.6. The molecule has 1 aliphatic heterocycles. The second-order valence-electron chi connectivity index (χ2n) is 10.3. The van der Waals surface area contributed by atoms with Crippen molar-refractivity contribution in [1.29, 1.82) is 0 Å². The Hall–Kier alpha value is -3.31. The van der Waals surface area contributed by atoms with Crippen molar-refractivity contribution in [2.24, 2.45) is 0 Å². The van der Waals surface area contributed by atoms with Crippen molar-refractivity contribution in [1.82, 2.24) is 14.8 Å². The average molecular weight is 558 g/mol. The van der Waals surface area contributed by atoms with E-state index >= 15 is 0 Å². The number of aromatic nitrogens is 1. The molecule has 7 nitrogen and oxygen atoms in total. The van der Waals surface area contributed by atoms with Gasteiger partial charge in [0.25, 0.3) is 0 Å². The molecule has 2 N–H and O–H groups in total. The number of halogens is 3. The van der Waals surface area contributed by atoms with Crippen LogP contribution in [0.15, 0.2) is 67.0 Å². The van der Waals surface area contributed by atoms with Gasteiger partial charge in [0.2, 0.25) is 0 Å². The van der Waals surface area contributed by atoms with Crippen LogP contribution in [-0.4, -0.2) is 76.0 Å². The van der Waals surface area contributed by atoms with Gasteiger partial charge in [-0.15, -0.1) is 0 Å². The van der Waals surface area contributed by atoms with E-state index in [1.807, 2.05) is 37.3 Å². The highest BCUT2D eigenvalue weighted by molar-refractivity contribution is 5.76. The summed E-state index contributed by atoms with van der Waals surface area (Å²) in [6, 6.07) is 15.0. The van der Waals surface area contributed by atoms with Crippen molar-refractivity contribution in [2.45, 2.75) is 44.8 Å². The summed E-state index contributed by atoms with van der Waals surface area (Å²) in [5.74, 6) is -0.378. The fourth-order valence-electron chi connectivity index (χ4n) is 4.94. The second kappa shape index (κ2) is 12.5. The number of pyridine rings is 1. The molecule has 10 heteroatoms. The molecule has 40 heavy (non-hydrogen) atoms. The molecule has 1 fully saturated rings. The number of hydrogen-bond donors (Lipinski definition) is 2. The number of carbonyl (C=O) groups is 1. The van der Waals surface area contributed by atoms with Crippen LogP contribution in [-0.2, 0) is 28.2 Å². The molecule has 1 unspecified atom stereocenters. The summed E-state index contributed by atoms with van der Waals surface area (Å²) in [5.41, 5.74) is 1.47. The maximum absolute atomic E-state index is 13.2. The van der Waals surface area contributed by atoms with E-state index in [2.05, 4.69) is 14.8 Å². The number of ether oxygens (including phenoxy) is 1. The van der Waals surface area contributed by atoms with Crippen LogP contribution in [0, 0.1) is 6.92 Å². The smallest absolute Gasteiger partial charge is 0.421 e. The lowest BCUT2D eigenvalue weighted by atomic mass is 9.92. The maximum atomic E-state index is 13.2. The first-order chi connectivity index (χ1) is 19.0. The molecule has 3 aromatic rings. The van der Waals surface area contributed by atoms with Gasteiger partial charge < -0.3 is 14.9 Å². The molecule has 2 atom stereocenters. The quantitative estimate of drug-likeness (QED) is 0.384. The number of aryl methyl sites for hydroxylation is 1. The van der Waals surface area contributed by atoms with E-state index in [9.17, 15) is 23.1 Å². The molecule has 1 aliphatic rings. The maximum Gasteiger partial charge on any atom is 0.421 e. The number of esters is 1. The molecule has 2 heterocycles. The minimum Gasteiger partial charge on any atom is -0.462 e. The van der Waals surface area contributed by atoms with Crippen LogP contribution < -0.4 is 0 Å². The lowest BCUT2D eigenvalue weighted by molar-refractivity contribution is -0.258. The molecule has 0 amide bonds. The van der Waals surface area contributed by atoms with E-state index in [4.69, 9.17) is 9.84 Å². The van der Waals surface area contributed by atoms with E-state index in [0.29, 0.717) is 26.2 Å². The molecule has 2 aromatic carbocycles. The molecule has 0 radical (unpaired) electrons. The molecular weight excluding hydrogens is 523 g/mol. The highest BCUT2D eigenvalue weighted by Gasteiger charge is 2.51. The number of piperazine rings is 1. The van der Waals surface area contributed by atoms with Gasteiger partial charge in [0.1, 0.15) is 12.6 Å². The van der Waals surface area contributed by atoms with Crippen LogP contribution in [0.1, 0.15) is 29.2 Å². The van der Waals surface area contributed by atoms with Crippen LogP contribution in [0.5, 0.6) is 0 Å². The first-order valence-corrected chi connectivity index (χ1v) is 13.1. The lowest BCUT2D eigenvalue weighted by Crippen LogP contribution is -2.56. The first-order valence-electron chi connectivity index (χ1n) is 13.1. The van der Waals surface area contributed by atoms with Gasteiger partial charge in [-0.25, -0.2) is 0 Å². The summed E-state index contributed by atoms with van der Waals surface area (Å²) >= 11 is 0. The molecule has 1 aromatic heterocycles. The SMILES string of the molecule is Cc1cc(CN2CCN(Cc3ccncc3)C[C@H]2C(=O)OCCO)ccc1-c1ccc(C(C)(O)C(F)(F)F)cc1. The van der Waals surface area contributed by atoms with Crippen LogP contribution in [0.3, 0.4) is 0 Å². The van der Waals surface area contributed by atoms with E-state index in [1.54, 1.807) is 24.5 Å². The third-order valence-electron chi connectivity index (χ3n) is 7.33. The van der Waals surface area contributed by atoms with Crippen molar-refractivity contribution in [2.75, 3.05) is 32.8 Å². The van der Waals surface area contributed by atoms with Gasteiger partial charge in [0.05, 0.1) is 6.61 Å². The van der Waals surface area contributed by atoms with Crippen LogP contribution in [0.25, 0.3) is 11.1 Å². The number of aliphatic hydroxyl groups is 2. The van der Waals surface area contributed by atoms with Gasteiger partial charge in [-0.05, 0) is 59.4 Å². The van der Waals surface area contributed by atoms with Gasteiger partial charge in [0.15, 0.2) is 5.60 Å². The summed E-state index contributed by atoms with van der Waals surface area (Å²) in [7, 11) is 0. The van der Waals surface area contributed by atoms with Gasteiger partial charge in [-0.1, -0.05) is 42.5 Å². The number of carbonyl (C=O) groups excluding carboxylic acids is 1. The second-order valence-corrected chi connectivity index (χ2v) is 10.3. The normalized spacial score (nSPS) is 18.3. The molecule has 1 saturated heterocycles. The zero-order valence-electron chi connectivity index (χ0n) is 22.6. The molecule has 0 bridgehead atoms. The van der Waals surface area contributed by atoms with Gasteiger partial charge in [-0.2, -0.15) is 13.2 Å². The Bertz CT molecular complexity index is 1280. The van der Waals surface area contributed by atoms with E-state index in [0.717, 1.165) is 41.3 Å². The van der Waals surface area contributed by atoms with Crippen molar-refractivity contribution in [3.63, 3.8) is 0 Å². The topological polar surface area (TPSA) is 86.1 Å². The third kappa shape index (κ3) is 6.87. The monoisotopic (exact) mass is 557 g/mol. The Morgan fingerprint density at radius 1 is 1.02 bits per heavy atom. The van der Waals surface area contributed by atoms with E-state index in [-0.39, 0.29) is 24.7 Å². The summed E-state index contributed by atoms with van der Waals surface area (Å²) < 4.78 is 44.9. The van der Waals surface area contributed by atoms with Gasteiger partial charge in [0, 0.05) is 45.1 Å². The Labute approximate surface area is 231 Å². The number of aliphatic hydroxyl groups excluding tert-OH is 1. The number of rotatable bonds is 9. The summed E-state index contributed by atoms with van der Waals surface area (Å²) in [5, 5.41) is 19.1. The number of benzene rings is 2. The van der Waals surface area contributed by atoms with E-state index < -0.39 is 17.8 Å². The fourth-order valence-corrected chi connectivity index (χ4v) is 4.94. The van der Waals surface area contributed by atoms with Gasteiger partial charge in [-0.3, -0.25) is 19.6 Å². The number of nitrogens with zero attached hydrogens (tertiary/aromatic N) is 3. The van der Waals surface area contributed by atoms with Crippen molar-refractivity contribution >= 4 is 5.97 Å². The van der Waals surface area contributed by atoms with Crippen LogP contribution in [0.4, 0.5) is 13.2 Å². The summed E-state index contributed by atoms with van der Waals surface area (Å²) in [4.78, 5) is 21.2. The Kier molecular flexibility index (Phi) is 9.25. The minimum atomic E-state index is -4.78. The Morgan fingerprint density at radius 3 is 2.35 bits per heavy atom. The summed E-state index contributed by atoms with van der Waals surface area (Å²) in [6.45, 7) is 5.46.